The van der Waals surface area contributed by atoms with E-state index in [2.05, 4.69) is 10.1 Å². The van der Waals surface area contributed by atoms with Crippen LogP contribution in [0.15, 0.2) is 4.52 Å². The van der Waals surface area contributed by atoms with Crippen LogP contribution in [0.1, 0.15) is 50.4 Å². The smallest absolute Gasteiger partial charge is 0.255 e. The molecule has 1 aliphatic carbocycles. The van der Waals surface area contributed by atoms with Gasteiger partial charge in [-0.25, -0.2) is 0 Å². The van der Waals surface area contributed by atoms with Gasteiger partial charge in [-0.05, 0) is 19.8 Å². The third-order valence-corrected chi connectivity index (χ3v) is 3.96. The fourth-order valence-electron chi connectivity index (χ4n) is 1.74. The topological polar surface area (TPSA) is 59.2 Å². The van der Waals surface area contributed by atoms with Crippen LogP contribution in [0.4, 0.5) is 0 Å². The van der Waals surface area contributed by atoms with Gasteiger partial charge in [0.2, 0.25) is 0 Å². The van der Waals surface area contributed by atoms with E-state index in [0.717, 1.165) is 11.0 Å². The summed E-state index contributed by atoms with van der Waals surface area (Å²) in [7, 11) is 0. The zero-order valence-electron chi connectivity index (χ0n) is 8.85. The molecule has 0 radical (unpaired) electrons. The summed E-state index contributed by atoms with van der Waals surface area (Å²) in [5, 5.41) is 13.8. The summed E-state index contributed by atoms with van der Waals surface area (Å²) in [4.78, 5) is 4.12. The molecule has 1 aromatic heterocycles. The molecule has 0 unspecified atom stereocenters. The Kier molecular flexibility index (Phi) is 3.64. The normalized spacial score (nSPS) is 19.6. The summed E-state index contributed by atoms with van der Waals surface area (Å²) < 4.78 is 4.92. The molecule has 0 aliphatic heterocycles. The highest BCUT2D eigenvalue weighted by Gasteiger charge is 2.17. The lowest BCUT2D eigenvalue weighted by Gasteiger charge is -2.04. The Morgan fingerprint density at radius 3 is 2.87 bits per heavy atom. The molecule has 0 amide bonds. The van der Waals surface area contributed by atoms with E-state index in [1.165, 1.54) is 25.7 Å². The quantitative estimate of drug-likeness (QED) is 0.856. The van der Waals surface area contributed by atoms with Crippen molar-refractivity contribution < 1.29 is 9.63 Å². The zero-order chi connectivity index (χ0) is 10.7. The Bertz CT molecular complexity index is 308. The van der Waals surface area contributed by atoms with Gasteiger partial charge in [-0.15, -0.1) is 0 Å². The summed E-state index contributed by atoms with van der Waals surface area (Å²) in [6.07, 6.45) is 4.66. The van der Waals surface area contributed by atoms with E-state index < -0.39 is 6.10 Å². The lowest BCUT2D eigenvalue weighted by molar-refractivity contribution is 0.151. The first-order chi connectivity index (χ1) is 7.25. The summed E-state index contributed by atoms with van der Waals surface area (Å²) in [5.41, 5.74) is 0. The lowest BCUT2D eigenvalue weighted by atomic mass is 10.4. The van der Waals surface area contributed by atoms with Crippen molar-refractivity contribution in [3.05, 3.63) is 11.7 Å². The van der Waals surface area contributed by atoms with Crippen molar-refractivity contribution in [1.29, 1.82) is 0 Å². The standard InChI is InChI=1S/C10H16N2O2S/c1-7(13)10-11-9(12-14-10)6-15-8-4-2-3-5-8/h7-8,13H,2-6H2,1H3/t7-/m0/s1. The fourth-order valence-corrected chi connectivity index (χ4v) is 2.91. The van der Waals surface area contributed by atoms with Crippen molar-refractivity contribution in [3.63, 3.8) is 0 Å². The average molecular weight is 228 g/mol. The highest BCUT2D eigenvalue weighted by atomic mass is 32.2. The van der Waals surface area contributed by atoms with Crippen molar-refractivity contribution in [2.45, 2.75) is 49.7 Å². The first kappa shape index (κ1) is 11.0. The summed E-state index contributed by atoms with van der Waals surface area (Å²) in [6, 6.07) is 0. The second kappa shape index (κ2) is 4.99. The van der Waals surface area contributed by atoms with Gasteiger partial charge in [-0.2, -0.15) is 16.7 Å². The number of hydrogen-bond donors (Lipinski definition) is 1. The number of nitrogens with zero attached hydrogens (tertiary/aromatic N) is 2. The van der Waals surface area contributed by atoms with Gasteiger partial charge in [0, 0.05) is 5.25 Å². The number of aliphatic hydroxyl groups is 1. The maximum absolute atomic E-state index is 9.21. The minimum absolute atomic E-state index is 0.317. The number of hydrogen-bond acceptors (Lipinski definition) is 5. The van der Waals surface area contributed by atoms with Gasteiger partial charge < -0.3 is 9.63 Å². The minimum atomic E-state index is -0.664. The van der Waals surface area contributed by atoms with Gasteiger partial charge in [-0.3, -0.25) is 0 Å². The van der Waals surface area contributed by atoms with Crippen LogP contribution < -0.4 is 0 Å². The predicted molar refractivity (Wildman–Crippen MR) is 58.5 cm³/mol. The van der Waals surface area contributed by atoms with Crippen LogP contribution in [0.3, 0.4) is 0 Å². The molecular weight excluding hydrogens is 212 g/mol. The van der Waals surface area contributed by atoms with Crippen molar-refractivity contribution in [2.24, 2.45) is 0 Å². The molecule has 2 rings (SSSR count). The largest absolute Gasteiger partial charge is 0.384 e. The maximum atomic E-state index is 9.21. The van der Waals surface area contributed by atoms with Gasteiger partial charge >= 0.3 is 0 Å². The molecule has 15 heavy (non-hydrogen) atoms. The number of aromatic nitrogens is 2. The molecule has 1 aliphatic rings. The van der Waals surface area contributed by atoms with E-state index >= 15 is 0 Å². The molecule has 84 valence electrons. The van der Waals surface area contributed by atoms with Gasteiger partial charge in [0.1, 0.15) is 6.10 Å². The molecule has 1 heterocycles. The summed E-state index contributed by atoms with van der Waals surface area (Å²) >= 11 is 1.90. The molecule has 1 N–H and O–H groups in total. The molecular formula is C10H16N2O2S. The van der Waals surface area contributed by atoms with Crippen LogP contribution in [0.5, 0.6) is 0 Å². The number of rotatable bonds is 4. The first-order valence-electron chi connectivity index (χ1n) is 5.38. The van der Waals surface area contributed by atoms with E-state index in [1.54, 1.807) is 6.92 Å². The molecule has 1 atom stereocenters. The van der Waals surface area contributed by atoms with E-state index in [9.17, 15) is 5.11 Å². The monoisotopic (exact) mass is 228 g/mol. The van der Waals surface area contributed by atoms with Crippen LogP contribution in [0, 0.1) is 0 Å². The molecule has 1 fully saturated rings. The minimum Gasteiger partial charge on any atom is -0.384 e. The SMILES string of the molecule is C[C@H](O)c1nc(CSC2CCCC2)no1. The lowest BCUT2D eigenvalue weighted by Crippen LogP contribution is -1.96. The average Bonchev–Trinajstić information content (AvgIpc) is 2.86. The molecule has 0 bridgehead atoms. The van der Waals surface area contributed by atoms with Gasteiger partial charge in [-0.1, -0.05) is 18.0 Å². The second-order valence-electron chi connectivity index (χ2n) is 3.94. The van der Waals surface area contributed by atoms with Gasteiger partial charge in [0.25, 0.3) is 5.89 Å². The zero-order valence-corrected chi connectivity index (χ0v) is 9.66. The van der Waals surface area contributed by atoms with Crippen LogP contribution in [-0.4, -0.2) is 20.5 Å². The third-order valence-electron chi connectivity index (χ3n) is 2.59. The fraction of sp³-hybridized carbons (Fsp3) is 0.800. The number of thioether (sulfide) groups is 1. The van der Waals surface area contributed by atoms with Crippen molar-refractivity contribution in [3.8, 4) is 0 Å². The molecule has 0 aromatic carbocycles. The van der Waals surface area contributed by atoms with E-state index in [4.69, 9.17) is 4.52 Å². The molecule has 4 nitrogen and oxygen atoms in total. The summed E-state index contributed by atoms with van der Waals surface area (Å²) in [5.74, 6) is 1.81. The Morgan fingerprint density at radius 1 is 1.53 bits per heavy atom. The first-order valence-corrected chi connectivity index (χ1v) is 6.42. The molecule has 5 heteroatoms. The highest BCUT2D eigenvalue weighted by Crippen LogP contribution is 2.31. The van der Waals surface area contributed by atoms with Crippen molar-refractivity contribution in [1.82, 2.24) is 10.1 Å². The Balaban J connectivity index is 1.82. The maximum Gasteiger partial charge on any atom is 0.255 e. The van der Waals surface area contributed by atoms with Crippen LogP contribution in [0.25, 0.3) is 0 Å². The van der Waals surface area contributed by atoms with Crippen LogP contribution in [-0.2, 0) is 5.75 Å². The Hall–Kier alpha value is -0.550. The number of aliphatic hydroxyl groups excluding tert-OH is 1. The summed E-state index contributed by atoms with van der Waals surface area (Å²) in [6.45, 7) is 1.63. The van der Waals surface area contributed by atoms with Gasteiger partial charge in [0.15, 0.2) is 5.82 Å². The Labute approximate surface area is 93.4 Å². The third kappa shape index (κ3) is 2.95. The van der Waals surface area contributed by atoms with Crippen LogP contribution in [0.2, 0.25) is 0 Å². The predicted octanol–water partition coefficient (Wildman–Crippen LogP) is 2.30. The second-order valence-corrected chi connectivity index (χ2v) is 5.23. The van der Waals surface area contributed by atoms with Gasteiger partial charge in [0.05, 0.1) is 5.75 Å². The Morgan fingerprint density at radius 2 is 2.27 bits per heavy atom. The van der Waals surface area contributed by atoms with Crippen LogP contribution >= 0.6 is 11.8 Å². The highest BCUT2D eigenvalue weighted by molar-refractivity contribution is 7.99. The molecule has 0 spiro atoms. The van der Waals surface area contributed by atoms with E-state index in [1.807, 2.05) is 11.8 Å². The van der Waals surface area contributed by atoms with E-state index in [0.29, 0.717) is 11.7 Å². The molecule has 1 aromatic rings. The van der Waals surface area contributed by atoms with Crippen molar-refractivity contribution in [2.75, 3.05) is 0 Å². The van der Waals surface area contributed by atoms with Crippen molar-refractivity contribution >= 4 is 11.8 Å². The van der Waals surface area contributed by atoms with E-state index in [-0.39, 0.29) is 0 Å². The molecule has 1 saturated carbocycles. The molecule has 0 saturated heterocycles.